The number of esters is 1. The Kier molecular flexibility index (Phi) is 4.00. The van der Waals surface area contributed by atoms with Gasteiger partial charge in [-0.25, -0.2) is 0 Å². The molecule has 4 nitrogen and oxygen atoms in total. The van der Waals surface area contributed by atoms with E-state index in [2.05, 4.69) is 5.92 Å². The van der Waals surface area contributed by atoms with Gasteiger partial charge in [0.15, 0.2) is 6.61 Å². The summed E-state index contributed by atoms with van der Waals surface area (Å²) < 4.78 is 4.79. The maximum atomic E-state index is 12.2. The molecule has 0 saturated carbocycles. The number of rotatable bonds is 3. The minimum atomic E-state index is -0.458. The van der Waals surface area contributed by atoms with Crippen molar-refractivity contribution in [2.75, 3.05) is 19.7 Å². The predicted molar refractivity (Wildman–Crippen MR) is 68.3 cm³/mol. The van der Waals surface area contributed by atoms with Crippen LogP contribution in [0.25, 0.3) is 0 Å². The van der Waals surface area contributed by atoms with E-state index >= 15 is 0 Å². The first-order chi connectivity index (χ1) is 8.72. The van der Waals surface area contributed by atoms with Gasteiger partial charge in [-0.05, 0) is 24.3 Å². The minimum absolute atomic E-state index is 0.0319. The molecule has 0 saturated heterocycles. The van der Waals surface area contributed by atoms with Crippen molar-refractivity contribution in [2.24, 2.45) is 0 Å². The number of carbonyl (C=O) groups excluding carboxylic acids is 2. The van der Waals surface area contributed by atoms with Gasteiger partial charge in [-0.3, -0.25) is 9.59 Å². The van der Waals surface area contributed by atoms with Crippen molar-refractivity contribution in [3.63, 3.8) is 0 Å². The largest absolute Gasteiger partial charge is 0.451 e. The molecule has 0 atom stereocenters. The molecule has 1 aliphatic rings. The van der Waals surface area contributed by atoms with E-state index in [4.69, 9.17) is 11.2 Å². The molecule has 0 fully saturated rings. The highest BCUT2D eigenvalue weighted by atomic mass is 32.1. The van der Waals surface area contributed by atoms with Crippen LogP contribution in [0.5, 0.6) is 0 Å². The summed E-state index contributed by atoms with van der Waals surface area (Å²) in [4.78, 5) is 26.3. The van der Waals surface area contributed by atoms with Crippen LogP contribution in [-0.2, 0) is 16.0 Å². The van der Waals surface area contributed by atoms with E-state index in [0.717, 1.165) is 17.7 Å². The molecular formula is C13H13NO3S. The van der Waals surface area contributed by atoms with Crippen LogP contribution in [0.15, 0.2) is 11.4 Å². The van der Waals surface area contributed by atoms with E-state index in [1.165, 1.54) is 4.90 Å². The summed E-state index contributed by atoms with van der Waals surface area (Å²) in [6, 6.07) is 1.81. The zero-order valence-corrected chi connectivity index (χ0v) is 10.7. The Morgan fingerprint density at radius 1 is 1.61 bits per heavy atom. The lowest BCUT2D eigenvalue weighted by Crippen LogP contribution is -2.36. The molecule has 5 heteroatoms. The summed E-state index contributed by atoms with van der Waals surface area (Å²) in [7, 11) is 0. The first-order valence-electron chi connectivity index (χ1n) is 5.67. The van der Waals surface area contributed by atoms with Gasteiger partial charge in [0.1, 0.15) is 6.54 Å². The summed E-state index contributed by atoms with van der Waals surface area (Å²) in [6.07, 6.45) is 6.75. The zero-order chi connectivity index (χ0) is 13.0. The van der Waals surface area contributed by atoms with Crippen LogP contribution in [0, 0.1) is 12.3 Å². The van der Waals surface area contributed by atoms with Crippen molar-refractivity contribution in [1.29, 1.82) is 0 Å². The van der Waals surface area contributed by atoms with Crippen molar-refractivity contribution in [3.05, 3.63) is 21.9 Å². The molecule has 0 spiro atoms. The second-order valence-electron chi connectivity index (χ2n) is 3.95. The maximum Gasteiger partial charge on any atom is 0.326 e. The number of hydrogen-bond donors (Lipinski definition) is 0. The SMILES string of the molecule is C#CCOC(=O)CN1CCCc2sccc2C1=O. The Balaban J connectivity index is 2.04. The number of ether oxygens (including phenoxy) is 1. The van der Waals surface area contributed by atoms with E-state index in [1.807, 2.05) is 11.4 Å². The van der Waals surface area contributed by atoms with Gasteiger partial charge >= 0.3 is 5.97 Å². The Hall–Kier alpha value is -1.80. The van der Waals surface area contributed by atoms with Crippen molar-refractivity contribution in [3.8, 4) is 12.3 Å². The number of hydrogen-bond acceptors (Lipinski definition) is 4. The van der Waals surface area contributed by atoms with Crippen LogP contribution >= 0.6 is 11.3 Å². The molecule has 0 unspecified atom stereocenters. The molecule has 0 aliphatic carbocycles. The molecule has 2 rings (SSSR count). The molecule has 94 valence electrons. The lowest BCUT2D eigenvalue weighted by molar-refractivity contribution is -0.142. The Morgan fingerprint density at radius 3 is 3.22 bits per heavy atom. The lowest BCUT2D eigenvalue weighted by atomic mass is 10.2. The third-order valence-electron chi connectivity index (χ3n) is 2.73. The fourth-order valence-corrected chi connectivity index (χ4v) is 2.81. The van der Waals surface area contributed by atoms with Crippen LogP contribution in [-0.4, -0.2) is 36.5 Å². The van der Waals surface area contributed by atoms with Gasteiger partial charge in [0.2, 0.25) is 0 Å². The zero-order valence-electron chi connectivity index (χ0n) is 9.85. The summed E-state index contributed by atoms with van der Waals surface area (Å²) in [5.41, 5.74) is 0.710. The smallest absolute Gasteiger partial charge is 0.326 e. The predicted octanol–water partition coefficient (Wildman–Crippen LogP) is 1.31. The summed E-state index contributed by atoms with van der Waals surface area (Å²) in [5, 5.41) is 1.91. The molecule has 1 aromatic rings. The quantitative estimate of drug-likeness (QED) is 0.610. The maximum absolute atomic E-state index is 12.2. The van der Waals surface area contributed by atoms with Crippen molar-refractivity contribution in [1.82, 2.24) is 4.90 Å². The molecule has 1 amide bonds. The van der Waals surface area contributed by atoms with E-state index in [9.17, 15) is 9.59 Å². The van der Waals surface area contributed by atoms with E-state index in [0.29, 0.717) is 12.1 Å². The number of terminal acetylenes is 1. The molecule has 0 bridgehead atoms. The number of carbonyl (C=O) groups is 2. The van der Waals surface area contributed by atoms with Gasteiger partial charge in [0.05, 0.1) is 5.56 Å². The highest BCUT2D eigenvalue weighted by molar-refractivity contribution is 7.10. The number of thiophene rings is 1. The average Bonchev–Trinajstić information content (AvgIpc) is 2.77. The van der Waals surface area contributed by atoms with Gasteiger partial charge in [-0.15, -0.1) is 17.8 Å². The van der Waals surface area contributed by atoms with Crippen LogP contribution in [0.1, 0.15) is 21.7 Å². The Labute approximate surface area is 110 Å². The molecule has 1 aromatic heterocycles. The molecular weight excluding hydrogens is 250 g/mol. The Bertz CT molecular complexity index is 501. The molecule has 1 aliphatic heterocycles. The second kappa shape index (κ2) is 5.69. The molecule has 0 aromatic carbocycles. The monoisotopic (exact) mass is 263 g/mol. The molecule has 18 heavy (non-hydrogen) atoms. The summed E-state index contributed by atoms with van der Waals surface area (Å²) >= 11 is 1.59. The standard InChI is InChI=1S/C13H13NO3S/c1-2-7-17-12(15)9-14-6-3-4-11-10(13(14)16)5-8-18-11/h1,5,8H,3-4,6-7,9H2. The topological polar surface area (TPSA) is 46.6 Å². The first-order valence-corrected chi connectivity index (χ1v) is 6.55. The summed E-state index contributed by atoms with van der Waals surface area (Å²) in [6.45, 7) is 0.492. The van der Waals surface area contributed by atoms with Gasteiger partial charge in [-0.2, -0.15) is 0 Å². The van der Waals surface area contributed by atoms with Crippen LogP contribution < -0.4 is 0 Å². The van der Waals surface area contributed by atoms with E-state index in [-0.39, 0.29) is 19.1 Å². The van der Waals surface area contributed by atoms with Crippen LogP contribution in [0.2, 0.25) is 0 Å². The highest BCUT2D eigenvalue weighted by Gasteiger charge is 2.25. The Morgan fingerprint density at radius 2 is 2.44 bits per heavy atom. The van der Waals surface area contributed by atoms with Gasteiger partial charge < -0.3 is 9.64 Å². The number of fused-ring (bicyclic) bond motifs is 1. The van der Waals surface area contributed by atoms with Gasteiger partial charge in [0, 0.05) is 11.4 Å². The molecule has 2 heterocycles. The average molecular weight is 263 g/mol. The number of nitrogens with zero attached hydrogens (tertiary/aromatic N) is 1. The van der Waals surface area contributed by atoms with E-state index in [1.54, 1.807) is 11.3 Å². The first kappa shape index (κ1) is 12.7. The second-order valence-corrected chi connectivity index (χ2v) is 4.95. The third kappa shape index (κ3) is 2.71. The number of amides is 1. The van der Waals surface area contributed by atoms with Crippen molar-refractivity contribution >= 4 is 23.2 Å². The van der Waals surface area contributed by atoms with Crippen molar-refractivity contribution in [2.45, 2.75) is 12.8 Å². The van der Waals surface area contributed by atoms with E-state index < -0.39 is 5.97 Å². The fourth-order valence-electron chi connectivity index (χ4n) is 1.90. The highest BCUT2D eigenvalue weighted by Crippen LogP contribution is 2.23. The van der Waals surface area contributed by atoms with Gasteiger partial charge in [-0.1, -0.05) is 5.92 Å². The normalized spacial score (nSPS) is 14.6. The van der Waals surface area contributed by atoms with Crippen LogP contribution in [0.3, 0.4) is 0 Å². The van der Waals surface area contributed by atoms with Crippen molar-refractivity contribution < 1.29 is 14.3 Å². The minimum Gasteiger partial charge on any atom is -0.451 e. The lowest BCUT2D eigenvalue weighted by Gasteiger charge is -2.19. The van der Waals surface area contributed by atoms with Crippen LogP contribution in [0.4, 0.5) is 0 Å². The van der Waals surface area contributed by atoms with Gasteiger partial charge in [0.25, 0.3) is 5.91 Å². The third-order valence-corrected chi connectivity index (χ3v) is 3.71. The molecule has 0 radical (unpaired) electrons. The number of aryl methyl sites for hydroxylation is 1. The molecule has 0 N–H and O–H groups in total. The fraction of sp³-hybridized carbons (Fsp3) is 0.385. The summed E-state index contributed by atoms with van der Waals surface area (Å²) in [5.74, 6) is 1.67.